The first-order valence-electron chi connectivity index (χ1n) is 7.25. The van der Waals surface area contributed by atoms with Crippen molar-refractivity contribution in [3.63, 3.8) is 0 Å². The highest BCUT2D eigenvalue weighted by atomic mass is 16.5. The minimum absolute atomic E-state index is 0.0536. The van der Waals surface area contributed by atoms with E-state index in [9.17, 15) is 15.3 Å². The van der Waals surface area contributed by atoms with Gasteiger partial charge < -0.3 is 15.5 Å². The van der Waals surface area contributed by atoms with Gasteiger partial charge in [0.1, 0.15) is 40.4 Å². The lowest BCUT2D eigenvalue weighted by Crippen LogP contribution is -2.27. The number of aromatic amines is 1. The maximum absolute atomic E-state index is 12.0. The Labute approximate surface area is 138 Å². The van der Waals surface area contributed by atoms with E-state index in [1.807, 2.05) is 38.1 Å². The van der Waals surface area contributed by atoms with Crippen LogP contribution in [-0.2, 0) is 0 Å². The average molecular weight is 318 g/mol. The van der Waals surface area contributed by atoms with Crippen molar-refractivity contribution in [3.05, 3.63) is 51.3 Å². The Bertz CT molecular complexity index is 1020. The second-order valence-corrected chi connectivity index (χ2v) is 6.01. The van der Waals surface area contributed by atoms with Crippen LogP contribution in [0.15, 0.2) is 29.1 Å². The molecule has 0 bridgehead atoms. The zero-order valence-corrected chi connectivity index (χ0v) is 13.2. The second kappa shape index (κ2) is 5.29. The van der Waals surface area contributed by atoms with Gasteiger partial charge in [0.15, 0.2) is 0 Å². The predicted octanol–water partition coefficient (Wildman–Crippen LogP) is 2.55. The molecule has 118 valence electrons. The summed E-state index contributed by atoms with van der Waals surface area (Å²) < 4.78 is 5.86. The van der Waals surface area contributed by atoms with Crippen molar-refractivity contribution in [1.29, 1.82) is 10.5 Å². The van der Waals surface area contributed by atoms with E-state index in [4.69, 9.17) is 10.5 Å². The van der Waals surface area contributed by atoms with Crippen molar-refractivity contribution in [3.8, 4) is 29.0 Å². The number of anilines is 1. The van der Waals surface area contributed by atoms with E-state index in [0.717, 1.165) is 5.56 Å². The van der Waals surface area contributed by atoms with Gasteiger partial charge >= 0.3 is 0 Å². The molecule has 0 atom stereocenters. The summed E-state index contributed by atoms with van der Waals surface area (Å²) in [5.41, 5.74) is 6.26. The smallest absolute Gasteiger partial charge is 0.268 e. The molecule has 1 aliphatic heterocycles. The molecule has 6 heteroatoms. The van der Waals surface area contributed by atoms with E-state index >= 15 is 0 Å². The molecule has 2 heterocycles. The van der Waals surface area contributed by atoms with Crippen LogP contribution in [0, 0.1) is 22.7 Å². The zero-order chi connectivity index (χ0) is 17.5. The van der Waals surface area contributed by atoms with Gasteiger partial charge in [0.05, 0.1) is 0 Å². The third-order valence-electron chi connectivity index (χ3n) is 3.80. The van der Waals surface area contributed by atoms with Crippen LogP contribution < -0.4 is 16.0 Å². The minimum Gasteiger partial charge on any atom is -0.483 e. The van der Waals surface area contributed by atoms with Crippen LogP contribution in [0.1, 0.15) is 30.5 Å². The zero-order valence-electron chi connectivity index (χ0n) is 13.2. The van der Waals surface area contributed by atoms with E-state index in [-0.39, 0.29) is 22.5 Å². The number of fused-ring (bicyclic) bond motifs is 1. The summed E-state index contributed by atoms with van der Waals surface area (Å²) in [5.74, 6) is 0.642. The van der Waals surface area contributed by atoms with Crippen molar-refractivity contribution in [1.82, 2.24) is 4.98 Å². The summed E-state index contributed by atoms with van der Waals surface area (Å²) in [6.45, 7) is 3.89. The number of nitrogens with zero attached hydrogens (tertiary/aromatic N) is 2. The molecular formula is C18H14N4O2. The van der Waals surface area contributed by atoms with Crippen LogP contribution in [0.25, 0.3) is 17.2 Å². The highest BCUT2D eigenvalue weighted by Gasteiger charge is 2.23. The topological polar surface area (TPSA) is 116 Å². The molecule has 1 aromatic carbocycles. The lowest BCUT2D eigenvalue weighted by molar-refractivity contribution is 0.159. The molecule has 0 saturated carbocycles. The SMILES string of the molecule is CC1(C)C=Cc2cc(-c3c(C#N)c(N)[nH]c(=O)c3C#N)ccc2O1. The molecule has 3 rings (SSSR count). The van der Waals surface area contributed by atoms with E-state index in [0.29, 0.717) is 11.3 Å². The Kier molecular flexibility index (Phi) is 3.39. The molecule has 0 unspecified atom stereocenters. The van der Waals surface area contributed by atoms with E-state index < -0.39 is 11.2 Å². The summed E-state index contributed by atoms with van der Waals surface area (Å²) in [6.07, 6.45) is 3.83. The van der Waals surface area contributed by atoms with Crippen molar-refractivity contribution in [2.24, 2.45) is 0 Å². The number of hydrogen-bond donors (Lipinski definition) is 2. The molecule has 0 spiro atoms. The van der Waals surface area contributed by atoms with Gasteiger partial charge in [-0.1, -0.05) is 12.1 Å². The number of hydrogen-bond acceptors (Lipinski definition) is 5. The van der Waals surface area contributed by atoms with E-state index in [2.05, 4.69) is 4.98 Å². The third-order valence-corrected chi connectivity index (χ3v) is 3.80. The first kappa shape index (κ1) is 15.4. The number of rotatable bonds is 1. The van der Waals surface area contributed by atoms with Crippen LogP contribution in [0.2, 0.25) is 0 Å². The number of ether oxygens (including phenoxy) is 1. The standard InChI is InChI=1S/C18H14N4O2/c1-18(2)6-5-10-7-11(3-4-14(10)24-18)15-12(8-19)16(21)22-17(23)13(15)9-20/h3-7H,1-2H3,(H3,21,22,23). The van der Waals surface area contributed by atoms with Crippen molar-refractivity contribution < 1.29 is 4.74 Å². The van der Waals surface area contributed by atoms with Crippen LogP contribution in [0.4, 0.5) is 5.82 Å². The van der Waals surface area contributed by atoms with Gasteiger partial charge in [-0.25, -0.2) is 0 Å². The molecule has 1 aromatic heterocycles. The Morgan fingerprint density at radius 3 is 2.58 bits per heavy atom. The molecule has 2 aromatic rings. The lowest BCUT2D eigenvalue weighted by Gasteiger charge is -2.28. The highest BCUT2D eigenvalue weighted by Crippen LogP contribution is 2.36. The average Bonchev–Trinajstić information content (AvgIpc) is 2.53. The van der Waals surface area contributed by atoms with Crippen molar-refractivity contribution in [2.75, 3.05) is 5.73 Å². The molecule has 0 radical (unpaired) electrons. The van der Waals surface area contributed by atoms with Gasteiger partial charge in [-0.05, 0) is 37.6 Å². The number of pyridine rings is 1. The first-order chi connectivity index (χ1) is 11.4. The van der Waals surface area contributed by atoms with E-state index in [1.165, 1.54) is 0 Å². The van der Waals surface area contributed by atoms with Gasteiger partial charge in [0, 0.05) is 11.1 Å². The van der Waals surface area contributed by atoms with Gasteiger partial charge in [0.2, 0.25) is 0 Å². The number of nitrogen functional groups attached to an aromatic ring is 1. The Balaban J connectivity index is 2.27. The summed E-state index contributed by atoms with van der Waals surface area (Å²) in [4.78, 5) is 14.3. The predicted molar refractivity (Wildman–Crippen MR) is 90.1 cm³/mol. The van der Waals surface area contributed by atoms with Crippen molar-refractivity contribution >= 4 is 11.9 Å². The number of nitrogens with one attached hydrogen (secondary N) is 1. The number of H-pyrrole nitrogens is 1. The van der Waals surface area contributed by atoms with Crippen LogP contribution in [-0.4, -0.2) is 10.6 Å². The summed E-state index contributed by atoms with van der Waals surface area (Å²) in [5, 5.41) is 18.7. The molecule has 6 nitrogen and oxygen atoms in total. The molecular weight excluding hydrogens is 304 g/mol. The number of benzene rings is 1. The Morgan fingerprint density at radius 2 is 1.92 bits per heavy atom. The molecule has 24 heavy (non-hydrogen) atoms. The second-order valence-electron chi connectivity index (χ2n) is 6.01. The maximum Gasteiger partial charge on any atom is 0.268 e. The van der Waals surface area contributed by atoms with E-state index in [1.54, 1.807) is 18.2 Å². The van der Waals surface area contributed by atoms with Gasteiger partial charge in [-0.3, -0.25) is 4.79 Å². The van der Waals surface area contributed by atoms with Crippen LogP contribution in [0.5, 0.6) is 5.75 Å². The first-order valence-corrected chi connectivity index (χ1v) is 7.25. The fourth-order valence-electron chi connectivity index (χ4n) is 2.67. The molecule has 0 amide bonds. The summed E-state index contributed by atoms with van der Waals surface area (Å²) in [6, 6.07) is 9.07. The van der Waals surface area contributed by atoms with Crippen LogP contribution in [0.3, 0.4) is 0 Å². The number of nitriles is 2. The lowest BCUT2D eigenvalue weighted by atomic mass is 9.93. The quantitative estimate of drug-likeness (QED) is 0.838. The molecule has 0 aliphatic carbocycles. The normalized spacial score (nSPS) is 14.2. The molecule has 3 N–H and O–H groups in total. The Morgan fingerprint density at radius 1 is 1.21 bits per heavy atom. The monoisotopic (exact) mass is 318 g/mol. The van der Waals surface area contributed by atoms with Gasteiger partial charge in [-0.2, -0.15) is 10.5 Å². The maximum atomic E-state index is 12.0. The molecule has 0 saturated heterocycles. The molecule has 1 aliphatic rings. The van der Waals surface area contributed by atoms with Gasteiger partial charge in [-0.15, -0.1) is 0 Å². The van der Waals surface area contributed by atoms with Crippen LogP contribution >= 0.6 is 0 Å². The fourth-order valence-corrected chi connectivity index (χ4v) is 2.67. The summed E-state index contributed by atoms with van der Waals surface area (Å²) >= 11 is 0. The van der Waals surface area contributed by atoms with Gasteiger partial charge in [0.25, 0.3) is 5.56 Å². The summed E-state index contributed by atoms with van der Waals surface area (Å²) in [7, 11) is 0. The Hall–Kier alpha value is -3.51. The number of aromatic nitrogens is 1. The largest absolute Gasteiger partial charge is 0.483 e. The molecule has 0 fully saturated rings. The fraction of sp³-hybridized carbons (Fsp3) is 0.167. The third kappa shape index (κ3) is 2.41. The minimum atomic E-state index is -0.616. The number of nitrogens with two attached hydrogens (primary N) is 1. The van der Waals surface area contributed by atoms with Crippen molar-refractivity contribution in [2.45, 2.75) is 19.4 Å². The highest BCUT2D eigenvalue weighted by molar-refractivity contribution is 5.82.